The van der Waals surface area contributed by atoms with Gasteiger partial charge in [-0.3, -0.25) is 9.36 Å². The SMILES string of the molecule is CC(OC(=O)N(CCCP(=O)(O)CC1CCCCC1)[C@H](C)c1ccc(Cl)c(Cl)c1)OC(=O)C(C)(C)C. The van der Waals surface area contributed by atoms with Gasteiger partial charge >= 0.3 is 12.1 Å². The third-order valence-corrected chi connectivity index (χ3v) is 9.30. The number of benzene rings is 1. The molecule has 1 aliphatic rings. The van der Waals surface area contributed by atoms with Gasteiger partial charge in [0.15, 0.2) is 0 Å². The van der Waals surface area contributed by atoms with Gasteiger partial charge < -0.3 is 19.3 Å². The van der Waals surface area contributed by atoms with E-state index in [1.807, 2.05) is 6.92 Å². The van der Waals surface area contributed by atoms with Crippen molar-refractivity contribution in [2.75, 3.05) is 18.9 Å². The Kier molecular flexibility index (Phi) is 11.6. The number of rotatable bonds is 10. The number of carbonyl (C=O) groups is 2. The standard InChI is InChI=1S/C26H40Cl2NO6P/c1-18(21-12-13-22(27)23(28)16-21)29(25(31)35-19(2)34-24(30)26(3,4)5)14-9-15-36(32,33)17-20-10-7-6-8-11-20/h12-13,16,18-20H,6-11,14-15,17H2,1-5H3,(H,32,33)/t18-,19?/m1/s1. The maximum Gasteiger partial charge on any atom is 0.413 e. The monoisotopic (exact) mass is 563 g/mol. The van der Waals surface area contributed by atoms with E-state index in [4.69, 9.17) is 32.7 Å². The number of ether oxygens (including phenoxy) is 2. The number of carbonyl (C=O) groups excluding carboxylic acids is 2. The molecule has 0 aromatic heterocycles. The molecule has 2 rings (SSSR count). The van der Waals surface area contributed by atoms with Crippen LogP contribution in [0, 0.1) is 11.3 Å². The molecule has 1 saturated carbocycles. The lowest BCUT2D eigenvalue weighted by Crippen LogP contribution is -2.38. The van der Waals surface area contributed by atoms with Gasteiger partial charge in [-0.15, -0.1) is 0 Å². The van der Waals surface area contributed by atoms with Gasteiger partial charge in [-0.05, 0) is 70.6 Å². The van der Waals surface area contributed by atoms with Crippen molar-refractivity contribution in [3.8, 4) is 0 Å². The number of halogens is 2. The molecule has 1 aromatic carbocycles. The van der Waals surface area contributed by atoms with E-state index in [9.17, 15) is 19.0 Å². The molecule has 2 unspecified atom stereocenters. The number of esters is 1. The molecule has 204 valence electrons. The van der Waals surface area contributed by atoms with E-state index in [-0.39, 0.29) is 12.7 Å². The Morgan fingerprint density at radius 1 is 1.11 bits per heavy atom. The quantitative estimate of drug-likeness (QED) is 0.178. The second-order valence-electron chi connectivity index (χ2n) is 10.8. The van der Waals surface area contributed by atoms with E-state index in [2.05, 4.69) is 0 Å². The number of nitrogens with zero attached hydrogens (tertiary/aromatic N) is 1. The van der Waals surface area contributed by atoms with Crippen LogP contribution in [0.3, 0.4) is 0 Å². The Labute approximate surface area is 225 Å². The zero-order valence-corrected chi connectivity index (χ0v) is 24.4. The highest BCUT2D eigenvalue weighted by molar-refractivity contribution is 7.58. The van der Waals surface area contributed by atoms with Crippen molar-refractivity contribution < 1.29 is 28.5 Å². The molecule has 36 heavy (non-hydrogen) atoms. The van der Waals surface area contributed by atoms with Crippen LogP contribution >= 0.6 is 30.6 Å². The molecular weight excluding hydrogens is 524 g/mol. The van der Waals surface area contributed by atoms with Crippen molar-refractivity contribution in [1.82, 2.24) is 4.90 Å². The summed E-state index contributed by atoms with van der Waals surface area (Å²) in [5, 5.41) is 0.752. The Bertz CT molecular complexity index is 945. The molecule has 1 aromatic rings. The van der Waals surface area contributed by atoms with Gasteiger partial charge in [-0.2, -0.15) is 0 Å². The molecule has 7 nitrogen and oxygen atoms in total. The first-order valence-electron chi connectivity index (χ1n) is 12.6. The van der Waals surface area contributed by atoms with Gasteiger partial charge in [-0.1, -0.05) is 48.5 Å². The zero-order chi connectivity index (χ0) is 27.1. The smallest absolute Gasteiger partial charge is 0.413 e. The molecule has 0 spiro atoms. The predicted octanol–water partition coefficient (Wildman–Crippen LogP) is 7.67. The molecule has 0 heterocycles. The van der Waals surface area contributed by atoms with E-state index in [1.165, 1.54) is 18.2 Å². The first-order chi connectivity index (χ1) is 16.7. The minimum absolute atomic E-state index is 0.121. The van der Waals surface area contributed by atoms with E-state index >= 15 is 0 Å². The lowest BCUT2D eigenvalue weighted by atomic mass is 9.91. The number of hydrogen-bond donors (Lipinski definition) is 1. The fourth-order valence-corrected chi connectivity index (χ4v) is 6.61. The Balaban J connectivity index is 2.09. The summed E-state index contributed by atoms with van der Waals surface area (Å²) < 4.78 is 23.6. The second kappa shape index (κ2) is 13.5. The lowest BCUT2D eigenvalue weighted by molar-refractivity contribution is -0.175. The predicted molar refractivity (Wildman–Crippen MR) is 144 cm³/mol. The first kappa shape index (κ1) is 31.0. The van der Waals surface area contributed by atoms with Crippen molar-refractivity contribution in [3.63, 3.8) is 0 Å². The molecule has 1 aliphatic carbocycles. The summed E-state index contributed by atoms with van der Waals surface area (Å²) in [6.45, 7) is 8.62. The second-order valence-corrected chi connectivity index (χ2v) is 14.1. The van der Waals surface area contributed by atoms with Crippen molar-refractivity contribution in [2.24, 2.45) is 11.3 Å². The maximum atomic E-state index is 13.1. The molecule has 3 atom stereocenters. The fourth-order valence-electron chi connectivity index (χ4n) is 4.31. The summed E-state index contributed by atoms with van der Waals surface area (Å²) in [6.07, 6.45) is 4.43. The maximum absolute atomic E-state index is 13.1. The van der Waals surface area contributed by atoms with Gasteiger partial charge in [0.2, 0.25) is 13.7 Å². The average Bonchev–Trinajstić information content (AvgIpc) is 2.77. The molecule has 1 N–H and O–H groups in total. The van der Waals surface area contributed by atoms with Crippen LogP contribution in [0.1, 0.15) is 84.7 Å². The van der Waals surface area contributed by atoms with Crippen molar-refractivity contribution in [1.29, 1.82) is 0 Å². The van der Waals surface area contributed by atoms with E-state index in [0.29, 0.717) is 28.5 Å². The van der Waals surface area contributed by atoms with Crippen LogP contribution < -0.4 is 0 Å². The summed E-state index contributed by atoms with van der Waals surface area (Å²) in [7, 11) is -3.32. The normalized spacial score (nSPS) is 18.1. The molecule has 10 heteroatoms. The Morgan fingerprint density at radius 3 is 2.33 bits per heavy atom. The summed E-state index contributed by atoms with van der Waals surface area (Å²) in [5.74, 6) is -0.194. The molecule has 1 amide bonds. The Morgan fingerprint density at radius 2 is 1.75 bits per heavy atom. The molecule has 0 radical (unpaired) electrons. The minimum atomic E-state index is -3.32. The van der Waals surface area contributed by atoms with E-state index in [1.54, 1.807) is 39.0 Å². The highest BCUT2D eigenvalue weighted by Gasteiger charge is 2.30. The topological polar surface area (TPSA) is 93.1 Å². The molecular formula is C26H40Cl2NO6P. The highest BCUT2D eigenvalue weighted by atomic mass is 35.5. The molecule has 0 saturated heterocycles. The van der Waals surface area contributed by atoms with Crippen LogP contribution in [0.5, 0.6) is 0 Å². The van der Waals surface area contributed by atoms with Gasteiger partial charge in [0, 0.05) is 25.8 Å². The average molecular weight is 564 g/mol. The summed E-state index contributed by atoms with van der Waals surface area (Å²) >= 11 is 12.2. The van der Waals surface area contributed by atoms with Crippen LogP contribution in [0.25, 0.3) is 0 Å². The molecule has 1 fully saturated rings. The van der Waals surface area contributed by atoms with Gasteiger partial charge in [0.1, 0.15) is 0 Å². The number of hydrogen-bond acceptors (Lipinski definition) is 5. The first-order valence-corrected chi connectivity index (χ1v) is 15.4. The van der Waals surface area contributed by atoms with Crippen LogP contribution in [-0.4, -0.2) is 47.0 Å². The summed E-state index contributed by atoms with van der Waals surface area (Å²) in [6, 6.07) is 4.63. The van der Waals surface area contributed by atoms with E-state index in [0.717, 1.165) is 31.2 Å². The van der Waals surface area contributed by atoms with E-state index < -0.39 is 37.2 Å². The lowest BCUT2D eigenvalue weighted by Gasteiger charge is -2.31. The van der Waals surface area contributed by atoms with Crippen LogP contribution in [0.4, 0.5) is 4.79 Å². The summed E-state index contributed by atoms with van der Waals surface area (Å²) in [5.41, 5.74) is -0.0102. The number of amides is 1. The van der Waals surface area contributed by atoms with Crippen molar-refractivity contribution >= 4 is 42.6 Å². The van der Waals surface area contributed by atoms with Gasteiger partial charge in [-0.25, -0.2) is 4.79 Å². The Hall–Kier alpha value is -1.27. The van der Waals surface area contributed by atoms with Gasteiger partial charge in [0.05, 0.1) is 21.5 Å². The van der Waals surface area contributed by atoms with Crippen molar-refractivity contribution in [3.05, 3.63) is 33.8 Å². The fraction of sp³-hybridized carbons (Fsp3) is 0.692. The van der Waals surface area contributed by atoms with Crippen LogP contribution in [0.15, 0.2) is 18.2 Å². The molecule has 0 bridgehead atoms. The van der Waals surface area contributed by atoms with Crippen molar-refractivity contribution in [2.45, 2.75) is 85.5 Å². The third-order valence-electron chi connectivity index (χ3n) is 6.45. The zero-order valence-electron chi connectivity index (χ0n) is 22.0. The largest absolute Gasteiger partial charge is 0.425 e. The third kappa shape index (κ3) is 9.89. The summed E-state index contributed by atoms with van der Waals surface area (Å²) in [4.78, 5) is 37.4. The highest BCUT2D eigenvalue weighted by Crippen LogP contribution is 2.46. The molecule has 0 aliphatic heterocycles. The van der Waals surface area contributed by atoms with Crippen LogP contribution in [-0.2, 0) is 18.8 Å². The minimum Gasteiger partial charge on any atom is -0.425 e. The van der Waals surface area contributed by atoms with Crippen LogP contribution in [0.2, 0.25) is 10.0 Å². The van der Waals surface area contributed by atoms with Gasteiger partial charge in [0.25, 0.3) is 0 Å².